The molecule has 0 aliphatic rings. The lowest BCUT2D eigenvalue weighted by molar-refractivity contribution is 0.213. The van der Waals surface area contributed by atoms with Gasteiger partial charge in [-0.15, -0.1) is 0 Å². The summed E-state index contributed by atoms with van der Waals surface area (Å²) < 4.78 is 5.09. The van der Waals surface area contributed by atoms with Crippen LogP contribution in [0.15, 0.2) is 30.5 Å². The highest BCUT2D eigenvalue weighted by atomic mass is 16.5. The molecule has 0 saturated heterocycles. The van der Waals surface area contributed by atoms with Crippen LogP contribution in [0.4, 0.5) is 0 Å². The first-order chi connectivity index (χ1) is 8.61. The van der Waals surface area contributed by atoms with Crippen molar-refractivity contribution in [1.82, 2.24) is 9.97 Å². The quantitative estimate of drug-likeness (QED) is 0.899. The van der Waals surface area contributed by atoms with Crippen molar-refractivity contribution in [3.05, 3.63) is 53.1 Å². The lowest BCUT2D eigenvalue weighted by Crippen LogP contribution is -2.07. The summed E-state index contributed by atoms with van der Waals surface area (Å²) >= 11 is 0. The number of rotatable bonds is 3. The van der Waals surface area contributed by atoms with E-state index in [4.69, 9.17) is 4.74 Å². The van der Waals surface area contributed by atoms with Gasteiger partial charge < -0.3 is 9.84 Å². The van der Waals surface area contributed by atoms with Gasteiger partial charge in [-0.1, -0.05) is 12.1 Å². The molecule has 1 unspecified atom stereocenters. The van der Waals surface area contributed by atoms with E-state index in [2.05, 4.69) is 9.97 Å². The van der Waals surface area contributed by atoms with Crippen LogP contribution in [-0.4, -0.2) is 22.2 Å². The Labute approximate surface area is 106 Å². The maximum Gasteiger partial charge on any atom is 0.123 e. The van der Waals surface area contributed by atoms with Gasteiger partial charge in [-0.25, -0.2) is 0 Å². The molecule has 0 aliphatic carbocycles. The van der Waals surface area contributed by atoms with Crippen LogP contribution >= 0.6 is 0 Å². The molecule has 1 atom stereocenters. The zero-order valence-corrected chi connectivity index (χ0v) is 10.7. The molecule has 0 bridgehead atoms. The highest BCUT2D eigenvalue weighted by Gasteiger charge is 2.15. The van der Waals surface area contributed by atoms with Crippen LogP contribution in [0.2, 0.25) is 0 Å². The minimum absolute atomic E-state index is 0.597. The number of hydrogen-bond donors (Lipinski definition) is 1. The summed E-state index contributed by atoms with van der Waals surface area (Å²) in [5.41, 5.74) is 2.91. The Bertz CT molecular complexity index is 538. The molecule has 0 spiro atoms. The van der Waals surface area contributed by atoms with Crippen molar-refractivity contribution < 1.29 is 9.84 Å². The molecule has 0 aliphatic heterocycles. The highest BCUT2D eigenvalue weighted by molar-refractivity contribution is 5.33. The second kappa shape index (κ2) is 5.14. The molecule has 2 aromatic rings. The van der Waals surface area contributed by atoms with Gasteiger partial charge in [0.05, 0.1) is 24.2 Å². The third-order valence-corrected chi connectivity index (χ3v) is 2.80. The van der Waals surface area contributed by atoms with Gasteiger partial charge in [0.15, 0.2) is 0 Å². The van der Waals surface area contributed by atoms with Gasteiger partial charge in [0.1, 0.15) is 11.9 Å². The van der Waals surface area contributed by atoms with Crippen molar-refractivity contribution in [2.45, 2.75) is 20.0 Å². The smallest absolute Gasteiger partial charge is 0.123 e. The topological polar surface area (TPSA) is 55.2 Å². The summed E-state index contributed by atoms with van der Waals surface area (Å²) in [5, 5.41) is 10.3. The fourth-order valence-corrected chi connectivity index (χ4v) is 1.76. The van der Waals surface area contributed by atoms with Crippen LogP contribution < -0.4 is 4.74 Å². The summed E-state index contributed by atoms with van der Waals surface area (Å²) in [6.45, 7) is 3.70. The molecule has 0 fully saturated rings. The van der Waals surface area contributed by atoms with Crippen LogP contribution in [0.1, 0.15) is 28.7 Å². The first-order valence-corrected chi connectivity index (χ1v) is 5.74. The summed E-state index contributed by atoms with van der Waals surface area (Å²) in [5.74, 6) is 0.762. The van der Waals surface area contributed by atoms with E-state index in [9.17, 15) is 5.11 Å². The van der Waals surface area contributed by atoms with E-state index in [-0.39, 0.29) is 0 Å². The lowest BCUT2D eigenvalue weighted by atomic mass is 10.0. The fraction of sp³-hybridized carbons (Fsp3) is 0.286. The second-order valence-electron chi connectivity index (χ2n) is 4.16. The molecule has 18 heavy (non-hydrogen) atoms. The monoisotopic (exact) mass is 244 g/mol. The van der Waals surface area contributed by atoms with E-state index in [1.807, 2.05) is 38.1 Å². The Balaban J connectivity index is 2.34. The zero-order valence-electron chi connectivity index (χ0n) is 10.7. The molecule has 4 nitrogen and oxygen atoms in total. The first-order valence-electron chi connectivity index (χ1n) is 5.74. The van der Waals surface area contributed by atoms with Gasteiger partial charge in [-0.3, -0.25) is 9.97 Å². The molecule has 0 saturated carbocycles. The average molecular weight is 244 g/mol. The van der Waals surface area contributed by atoms with Crippen LogP contribution in [0.3, 0.4) is 0 Å². The van der Waals surface area contributed by atoms with E-state index >= 15 is 0 Å². The van der Waals surface area contributed by atoms with E-state index in [0.717, 1.165) is 22.7 Å². The van der Waals surface area contributed by atoms with Gasteiger partial charge in [0, 0.05) is 6.20 Å². The third-order valence-electron chi connectivity index (χ3n) is 2.80. The summed E-state index contributed by atoms with van der Waals surface area (Å²) in [6, 6.07) is 7.29. The van der Waals surface area contributed by atoms with Crippen molar-refractivity contribution in [2.75, 3.05) is 7.11 Å². The van der Waals surface area contributed by atoms with E-state index < -0.39 is 6.10 Å². The Morgan fingerprint density at radius 3 is 2.44 bits per heavy atom. The zero-order chi connectivity index (χ0) is 13.1. The number of methoxy groups -OCH3 is 1. The van der Waals surface area contributed by atoms with Crippen LogP contribution in [-0.2, 0) is 0 Å². The van der Waals surface area contributed by atoms with Gasteiger partial charge in [0.2, 0.25) is 0 Å². The number of aliphatic hydroxyl groups excluding tert-OH is 1. The molecule has 1 aromatic heterocycles. The number of nitrogens with zero attached hydrogens (tertiary/aromatic N) is 2. The number of aliphatic hydroxyl groups is 1. The van der Waals surface area contributed by atoms with Gasteiger partial charge in [-0.2, -0.15) is 0 Å². The molecule has 1 heterocycles. The molecule has 0 radical (unpaired) electrons. The maximum absolute atomic E-state index is 10.3. The summed E-state index contributed by atoms with van der Waals surface area (Å²) in [6.07, 6.45) is 0.933. The molecule has 4 heteroatoms. The first kappa shape index (κ1) is 12.5. The minimum Gasteiger partial charge on any atom is -0.497 e. The van der Waals surface area contributed by atoms with Crippen molar-refractivity contribution in [1.29, 1.82) is 0 Å². The van der Waals surface area contributed by atoms with Crippen molar-refractivity contribution in [2.24, 2.45) is 0 Å². The Hall–Kier alpha value is -1.94. The van der Waals surface area contributed by atoms with E-state index in [1.165, 1.54) is 0 Å². The molecule has 1 aromatic carbocycles. The molecule has 2 rings (SSSR count). The minimum atomic E-state index is -0.761. The molecular weight excluding hydrogens is 228 g/mol. The predicted octanol–water partition coefficient (Wildman–Crippen LogP) is 2.18. The van der Waals surface area contributed by atoms with E-state index in [1.54, 1.807) is 13.3 Å². The Morgan fingerprint density at radius 2 is 1.83 bits per heavy atom. The normalized spacial score (nSPS) is 12.2. The SMILES string of the molecule is COc1ccc(C(O)c2nc(C)cnc2C)cc1. The van der Waals surface area contributed by atoms with Gasteiger partial charge in [-0.05, 0) is 31.5 Å². The van der Waals surface area contributed by atoms with Crippen LogP contribution in [0, 0.1) is 13.8 Å². The van der Waals surface area contributed by atoms with Crippen LogP contribution in [0.5, 0.6) is 5.75 Å². The molecule has 0 amide bonds. The molecular formula is C14H16N2O2. The fourth-order valence-electron chi connectivity index (χ4n) is 1.76. The summed E-state index contributed by atoms with van der Waals surface area (Å²) in [7, 11) is 1.61. The van der Waals surface area contributed by atoms with E-state index in [0.29, 0.717) is 5.69 Å². The average Bonchev–Trinajstić information content (AvgIpc) is 2.41. The highest BCUT2D eigenvalue weighted by Crippen LogP contribution is 2.24. The number of ether oxygens (including phenoxy) is 1. The second-order valence-corrected chi connectivity index (χ2v) is 4.16. The Morgan fingerprint density at radius 1 is 1.17 bits per heavy atom. The van der Waals surface area contributed by atoms with Gasteiger partial charge >= 0.3 is 0 Å². The predicted molar refractivity (Wildman–Crippen MR) is 68.6 cm³/mol. The van der Waals surface area contributed by atoms with Crippen molar-refractivity contribution >= 4 is 0 Å². The standard InChI is InChI=1S/C14H16N2O2/c1-9-8-15-10(2)13(16-9)14(17)11-4-6-12(18-3)7-5-11/h4-8,14,17H,1-3H3. The number of aryl methyl sites for hydroxylation is 2. The maximum atomic E-state index is 10.3. The summed E-state index contributed by atoms with van der Waals surface area (Å²) in [4.78, 5) is 8.56. The van der Waals surface area contributed by atoms with Gasteiger partial charge in [0.25, 0.3) is 0 Å². The number of benzene rings is 1. The largest absolute Gasteiger partial charge is 0.497 e. The Kier molecular flexibility index (Phi) is 3.58. The lowest BCUT2D eigenvalue weighted by Gasteiger charge is -2.13. The third kappa shape index (κ3) is 2.49. The molecule has 94 valence electrons. The number of hydrogen-bond acceptors (Lipinski definition) is 4. The molecule has 1 N–H and O–H groups in total. The van der Waals surface area contributed by atoms with Crippen LogP contribution in [0.25, 0.3) is 0 Å². The van der Waals surface area contributed by atoms with Crippen molar-refractivity contribution in [3.63, 3.8) is 0 Å². The van der Waals surface area contributed by atoms with Crippen molar-refractivity contribution in [3.8, 4) is 5.75 Å². The number of aromatic nitrogens is 2.